The molecule has 0 fully saturated rings. The number of benzene rings is 1. The molecule has 5 rings (SSSR count). The molecule has 1 aromatic carbocycles. The van der Waals surface area contributed by atoms with Crippen molar-refractivity contribution in [3.05, 3.63) is 41.8 Å². The highest BCUT2D eigenvalue weighted by atomic mass is 32.1. The fourth-order valence-corrected chi connectivity index (χ4v) is 4.61. The summed E-state index contributed by atoms with van der Waals surface area (Å²) in [4.78, 5) is 9.55. The topological polar surface area (TPSA) is 90.9 Å². The first kappa shape index (κ1) is 20.6. The molecule has 1 aliphatic rings. The summed E-state index contributed by atoms with van der Waals surface area (Å²) in [7, 11) is 0. The molecule has 1 N–H and O–H groups in total. The maximum Gasteiger partial charge on any atom is 0.408 e. The van der Waals surface area contributed by atoms with Gasteiger partial charge in [-0.25, -0.2) is 14.6 Å². The lowest BCUT2D eigenvalue weighted by Crippen LogP contribution is -2.19. The van der Waals surface area contributed by atoms with Crippen LogP contribution in [0.5, 0.6) is 5.75 Å². The minimum Gasteiger partial charge on any atom is -0.492 e. The summed E-state index contributed by atoms with van der Waals surface area (Å²) in [5.74, 6) is 0.737. The first-order chi connectivity index (χ1) is 15.4. The Labute approximate surface area is 183 Å². The highest BCUT2D eigenvalue weighted by molar-refractivity contribution is 7.15. The zero-order valence-corrected chi connectivity index (χ0v) is 17.4. The van der Waals surface area contributed by atoms with Crippen molar-refractivity contribution in [3.63, 3.8) is 0 Å². The van der Waals surface area contributed by atoms with Gasteiger partial charge < -0.3 is 9.84 Å². The van der Waals surface area contributed by atoms with Crippen LogP contribution in [0.2, 0.25) is 0 Å². The molecule has 4 aromatic rings. The molecular formula is C20H17F3N6O2S. The Morgan fingerprint density at radius 3 is 2.88 bits per heavy atom. The van der Waals surface area contributed by atoms with Crippen LogP contribution in [-0.4, -0.2) is 54.0 Å². The van der Waals surface area contributed by atoms with E-state index in [0.29, 0.717) is 36.0 Å². The van der Waals surface area contributed by atoms with Crippen LogP contribution in [0, 0.1) is 0 Å². The standard InChI is InChI=1S/C20H17F3N6O2S/c21-20(22,23)10-29-18(24-11-26-29)19-27-17-14-2-1-12(13-8-25-28(9-13)4-5-30)7-15(14)31-6-3-16(17)32-19/h1-2,7-9,11,30H,3-6,10H2. The van der Waals surface area contributed by atoms with Crippen molar-refractivity contribution in [1.82, 2.24) is 29.5 Å². The van der Waals surface area contributed by atoms with Gasteiger partial charge in [0.15, 0.2) is 10.8 Å². The number of halogens is 3. The molecule has 8 nitrogen and oxygen atoms in total. The van der Waals surface area contributed by atoms with E-state index in [2.05, 4.69) is 20.2 Å². The van der Waals surface area contributed by atoms with E-state index in [0.717, 1.165) is 32.6 Å². The van der Waals surface area contributed by atoms with Gasteiger partial charge in [0.05, 0.1) is 31.6 Å². The second-order valence-electron chi connectivity index (χ2n) is 7.17. The Morgan fingerprint density at radius 2 is 2.06 bits per heavy atom. The quantitative estimate of drug-likeness (QED) is 0.489. The first-order valence-corrected chi connectivity index (χ1v) is 10.6. The molecule has 166 valence electrons. The number of hydrogen-bond donors (Lipinski definition) is 1. The SMILES string of the molecule is OCCn1cc(-c2ccc3c(c2)OCCc2sc(-c4ncnn4CC(F)(F)F)nc2-3)cn1. The zero-order valence-electron chi connectivity index (χ0n) is 16.6. The molecular weight excluding hydrogens is 445 g/mol. The van der Waals surface area contributed by atoms with Crippen LogP contribution >= 0.6 is 11.3 Å². The number of aliphatic hydroxyl groups excluding tert-OH is 1. The van der Waals surface area contributed by atoms with Gasteiger partial charge in [0.2, 0.25) is 0 Å². The molecule has 0 spiro atoms. The number of nitrogens with zero attached hydrogens (tertiary/aromatic N) is 6. The van der Waals surface area contributed by atoms with Gasteiger partial charge in [-0.15, -0.1) is 11.3 Å². The number of aromatic nitrogens is 6. The normalized spacial score (nSPS) is 13.4. The molecule has 32 heavy (non-hydrogen) atoms. The van der Waals surface area contributed by atoms with Crippen LogP contribution in [0.25, 0.3) is 33.2 Å². The maximum absolute atomic E-state index is 12.9. The van der Waals surface area contributed by atoms with Crippen LogP contribution in [0.1, 0.15) is 4.88 Å². The summed E-state index contributed by atoms with van der Waals surface area (Å²) in [5.41, 5.74) is 3.24. The van der Waals surface area contributed by atoms with Gasteiger partial charge in [-0.2, -0.15) is 23.4 Å². The van der Waals surface area contributed by atoms with E-state index in [1.54, 1.807) is 10.9 Å². The number of thiazole rings is 1. The zero-order chi connectivity index (χ0) is 22.3. The molecule has 1 aliphatic heterocycles. The van der Waals surface area contributed by atoms with Crippen molar-refractivity contribution in [1.29, 1.82) is 0 Å². The molecule has 0 radical (unpaired) electrons. The average Bonchev–Trinajstić information content (AvgIpc) is 3.46. The van der Waals surface area contributed by atoms with Crippen molar-refractivity contribution in [2.45, 2.75) is 25.7 Å². The minimum absolute atomic E-state index is 0.0000847. The van der Waals surface area contributed by atoms with Gasteiger partial charge in [0.25, 0.3) is 0 Å². The van der Waals surface area contributed by atoms with Crippen LogP contribution in [0.3, 0.4) is 0 Å². The van der Waals surface area contributed by atoms with Gasteiger partial charge in [-0.05, 0) is 17.7 Å². The molecule has 0 aliphatic carbocycles. The highest BCUT2D eigenvalue weighted by Crippen LogP contribution is 2.41. The van der Waals surface area contributed by atoms with Crippen LogP contribution in [0.15, 0.2) is 36.9 Å². The fraction of sp³-hybridized carbons (Fsp3) is 0.300. The second kappa shape index (κ2) is 8.02. The number of alkyl halides is 3. The largest absolute Gasteiger partial charge is 0.492 e. The third-order valence-corrected chi connectivity index (χ3v) is 6.06. The van der Waals surface area contributed by atoms with Crippen molar-refractivity contribution in [3.8, 4) is 39.0 Å². The van der Waals surface area contributed by atoms with Gasteiger partial charge >= 0.3 is 6.18 Å². The van der Waals surface area contributed by atoms with Crippen molar-refractivity contribution in [2.24, 2.45) is 0 Å². The van der Waals surface area contributed by atoms with E-state index in [9.17, 15) is 13.2 Å². The van der Waals surface area contributed by atoms with Gasteiger partial charge in [0.1, 0.15) is 18.6 Å². The summed E-state index contributed by atoms with van der Waals surface area (Å²) >= 11 is 1.30. The summed E-state index contributed by atoms with van der Waals surface area (Å²) in [6, 6.07) is 5.71. The molecule has 0 bridgehead atoms. The van der Waals surface area contributed by atoms with Crippen molar-refractivity contribution < 1.29 is 23.0 Å². The van der Waals surface area contributed by atoms with Gasteiger partial charge in [0, 0.05) is 28.6 Å². The lowest BCUT2D eigenvalue weighted by Gasteiger charge is -2.09. The molecule has 0 unspecified atom stereocenters. The van der Waals surface area contributed by atoms with Crippen molar-refractivity contribution >= 4 is 11.3 Å². The Morgan fingerprint density at radius 1 is 1.19 bits per heavy atom. The third kappa shape index (κ3) is 3.98. The number of fused-ring (bicyclic) bond motifs is 3. The number of aliphatic hydroxyl groups is 1. The molecule has 12 heteroatoms. The molecule has 0 atom stereocenters. The predicted octanol–water partition coefficient (Wildman–Crippen LogP) is 3.42. The fourth-order valence-electron chi connectivity index (χ4n) is 3.55. The van der Waals surface area contributed by atoms with Gasteiger partial charge in [-0.3, -0.25) is 4.68 Å². The summed E-state index contributed by atoms with van der Waals surface area (Å²) in [5, 5.41) is 17.4. The van der Waals surface area contributed by atoms with E-state index in [1.807, 2.05) is 24.4 Å². The Hall–Kier alpha value is -3.25. The van der Waals surface area contributed by atoms with E-state index in [4.69, 9.17) is 9.84 Å². The molecule has 3 aromatic heterocycles. The van der Waals surface area contributed by atoms with E-state index < -0.39 is 12.7 Å². The predicted molar refractivity (Wildman–Crippen MR) is 110 cm³/mol. The van der Waals surface area contributed by atoms with Crippen molar-refractivity contribution in [2.75, 3.05) is 13.2 Å². The minimum atomic E-state index is -4.40. The van der Waals surface area contributed by atoms with E-state index in [1.165, 1.54) is 11.3 Å². The highest BCUT2D eigenvalue weighted by Gasteiger charge is 2.31. The summed E-state index contributed by atoms with van der Waals surface area (Å²) < 4.78 is 47.0. The number of hydrogen-bond acceptors (Lipinski definition) is 7. The number of rotatable bonds is 5. The molecule has 0 amide bonds. The Balaban J connectivity index is 1.50. The lowest BCUT2D eigenvalue weighted by atomic mass is 10.0. The Bertz CT molecular complexity index is 1260. The van der Waals surface area contributed by atoms with E-state index >= 15 is 0 Å². The lowest BCUT2D eigenvalue weighted by molar-refractivity contribution is -0.142. The first-order valence-electron chi connectivity index (χ1n) is 9.77. The van der Waals surface area contributed by atoms with Crippen LogP contribution in [-0.2, 0) is 19.5 Å². The molecule has 4 heterocycles. The molecule has 0 saturated heterocycles. The van der Waals surface area contributed by atoms with E-state index in [-0.39, 0.29) is 12.4 Å². The van der Waals surface area contributed by atoms with Crippen LogP contribution in [0.4, 0.5) is 13.2 Å². The smallest absolute Gasteiger partial charge is 0.408 e. The number of ether oxygens (including phenoxy) is 1. The molecule has 0 saturated carbocycles. The average molecular weight is 462 g/mol. The maximum atomic E-state index is 12.9. The summed E-state index contributed by atoms with van der Waals surface area (Å²) in [6.45, 7) is -0.394. The third-order valence-electron chi connectivity index (χ3n) is 4.95. The van der Waals surface area contributed by atoms with Crippen LogP contribution < -0.4 is 4.74 Å². The second-order valence-corrected chi connectivity index (χ2v) is 8.26. The summed E-state index contributed by atoms with van der Waals surface area (Å²) in [6.07, 6.45) is 0.841. The Kier molecular flexibility index (Phi) is 5.18. The monoisotopic (exact) mass is 462 g/mol. The van der Waals surface area contributed by atoms with Gasteiger partial charge in [-0.1, -0.05) is 6.07 Å².